The third-order valence-electron chi connectivity index (χ3n) is 3.03. The van der Waals surface area contributed by atoms with Crippen molar-refractivity contribution in [1.29, 1.82) is 0 Å². The summed E-state index contributed by atoms with van der Waals surface area (Å²) in [6, 6.07) is 4.85. The summed E-state index contributed by atoms with van der Waals surface area (Å²) in [5, 5.41) is 0.271. The van der Waals surface area contributed by atoms with Gasteiger partial charge in [-0.25, -0.2) is 8.42 Å². The van der Waals surface area contributed by atoms with Gasteiger partial charge in [0, 0.05) is 11.1 Å². The summed E-state index contributed by atoms with van der Waals surface area (Å²) in [6.07, 6.45) is 1.12. The average Bonchev–Trinajstić information content (AvgIpc) is 2.17. The molecule has 2 N–H and O–H groups in total. The Morgan fingerprint density at radius 2 is 2.00 bits per heavy atom. The van der Waals surface area contributed by atoms with Gasteiger partial charge < -0.3 is 5.73 Å². The molecule has 1 aromatic rings. The van der Waals surface area contributed by atoms with E-state index in [0.717, 1.165) is 5.56 Å². The molecule has 1 saturated carbocycles. The number of aryl methyl sites for hydroxylation is 1. The predicted molar refractivity (Wildman–Crippen MR) is 64.4 cm³/mol. The second-order valence-electron chi connectivity index (χ2n) is 4.31. The van der Waals surface area contributed by atoms with Crippen LogP contribution in [0.1, 0.15) is 18.4 Å². The zero-order valence-electron chi connectivity index (χ0n) is 8.98. The van der Waals surface area contributed by atoms with E-state index < -0.39 is 9.84 Å². The average molecular weight is 260 g/mol. The lowest BCUT2D eigenvalue weighted by atomic mass is 9.93. The number of benzene rings is 1. The van der Waals surface area contributed by atoms with Crippen molar-refractivity contribution >= 4 is 21.4 Å². The fourth-order valence-electron chi connectivity index (χ4n) is 1.85. The highest BCUT2D eigenvalue weighted by molar-refractivity contribution is 7.92. The maximum absolute atomic E-state index is 12.1. The lowest BCUT2D eigenvalue weighted by molar-refractivity contribution is 0.409. The molecule has 0 bridgehead atoms. The Morgan fingerprint density at radius 3 is 2.50 bits per heavy atom. The van der Waals surface area contributed by atoms with Gasteiger partial charge >= 0.3 is 0 Å². The van der Waals surface area contributed by atoms with Crippen LogP contribution in [0.4, 0.5) is 0 Å². The first-order valence-electron chi connectivity index (χ1n) is 5.17. The van der Waals surface area contributed by atoms with Gasteiger partial charge in [0.25, 0.3) is 0 Å². The fourth-order valence-corrected chi connectivity index (χ4v) is 3.95. The van der Waals surface area contributed by atoms with E-state index in [-0.39, 0.29) is 11.3 Å². The first-order chi connectivity index (χ1) is 7.41. The van der Waals surface area contributed by atoms with Crippen molar-refractivity contribution in [2.45, 2.75) is 36.0 Å². The molecule has 88 valence electrons. The molecule has 0 aromatic heterocycles. The second kappa shape index (κ2) is 4.02. The van der Waals surface area contributed by atoms with Gasteiger partial charge in [-0.3, -0.25) is 0 Å². The minimum Gasteiger partial charge on any atom is -0.328 e. The smallest absolute Gasteiger partial charge is 0.181 e. The van der Waals surface area contributed by atoms with Crippen molar-refractivity contribution in [3.8, 4) is 0 Å². The number of hydrogen-bond acceptors (Lipinski definition) is 3. The van der Waals surface area contributed by atoms with E-state index >= 15 is 0 Å². The van der Waals surface area contributed by atoms with Crippen LogP contribution < -0.4 is 5.73 Å². The van der Waals surface area contributed by atoms with E-state index in [4.69, 9.17) is 17.3 Å². The van der Waals surface area contributed by atoms with Crippen molar-refractivity contribution in [3.05, 3.63) is 28.8 Å². The number of rotatable bonds is 2. The van der Waals surface area contributed by atoms with Gasteiger partial charge in [-0.15, -0.1) is 0 Å². The molecule has 1 aliphatic rings. The summed E-state index contributed by atoms with van der Waals surface area (Å²) in [5.74, 6) is 0. The normalized spacial score (nSPS) is 25.2. The van der Waals surface area contributed by atoms with E-state index in [1.165, 1.54) is 0 Å². The van der Waals surface area contributed by atoms with Gasteiger partial charge in [0.2, 0.25) is 0 Å². The molecule has 1 aromatic carbocycles. The second-order valence-corrected chi connectivity index (χ2v) is 6.94. The molecule has 0 aliphatic heterocycles. The Morgan fingerprint density at radius 1 is 1.38 bits per heavy atom. The standard InChI is InChI=1S/C11H14ClNO2S/c1-7-4-9(2-3-11(7)12)16(14,15)10-5-8(13)6-10/h2-4,8,10H,5-6,13H2,1H3. The van der Waals surface area contributed by atoms with Crippen LogP contribution in [0.15, 0.2) is 23.1 Å². The molecule has 5 heteroatoms. The quantitative estimate of drug-likeness (QED) is 0.883. The van der Waals surface area contributed by atoms with Crippen molar-refractivity contribution in [2.75, 3.05) is 0 Å². The lowest BCUT2D eigenvalue weighted by Gasteiger charge is -2.31. The maximum atomic E-state index is 12.1. The van der Waals surface area contributed by atoms with Crippen LogP contribution in [-0.2, 0) is 9.84 Å². The van der Waals surface area contributed by atoms with E-state index in [0.29, 0.717) is 22.8 Å². The van der Waals surface area contributed by atoms with Crippen LogP contribution in [-0.4, -0.2) is 19.7 Å². The minimum absolute atomic E-state index is 0.0353. The summed E-state index contributed by atoms with van der Waals surface area (Å²) in [6.45, 7) is 1.80. The summed E-state index contributed by atoms with van der Waals surface area (Å²) in [4.78, 5) is 0.353. The van der Waals surface area contributed by atoms with E-state index in [1.807, 2.05) is 0 Å². The molecule has 0 unspecified atom stereocenters. The molecular weight excluding hydrogens is 246 g/mol. The van der Waals surface area contributed by atoms with Crippen molar-refractivity contribution < 1.29 is 8.42 Å². The van der Waals surface area contributed by atoms with E-state index in [9.17, 15) is 8.42 Å². The van der Waals surface area contributed by atoms with Gasteiger partial charge in [0.15, 0.2) is 9.84 Å². The van der Waals surface area contributed by atoms with Crippen LogP contribution in [0.3, 0.4) is 0 Å². The molecule has 2 rings (SSSR count). The number of halogens is 1. The van der Waals surface area contributed by atoms with Crippen LogP contribution in [0, 0.1) is 6.92 Å². The Kier molecular flexibility index (Phi) is 2.99. The Bertz CT molecular complexity index is 507. The first kappa shape index (κ1) is 11.9. The molecule has 0 spiro atoms. The highest BCUT2D eigenvalue weighted by Crippen LogP contribution is 2.31. The Labute approximate surface area is 101 Å². The third-order valence-corrected chi connectivity index (χ3v) is 5.63. The minimum atomic E-state index is -3.21. The molecule has 0 radical (unpaired) electrons. The fraction of sp³-hybridized carbons (Fsp3) is 0.455. The molecule has 0 saturated heterocycles. The predicted octanol–water partition coefficient (Wildman–Crippen LogP) is 1.91. The number of nitrogens with two attached hydrogens (primary N) is 1. The summed E-state index contributed by atoms with van der Waals surface area (Å²) >= 11 is 5.87. The lowest BCUT2D eigenvalue weighted by Crippen LogP contribution is -2.44. The molecule has 1 aliphatic carbocycles. The van der Waals surface area contributed by atoms with Gasteiger partial charge in [-0.2, -0.15) is 0 Å². The first-order valence-corrected chi connectivity index (χ1v) is 7.09. The van der Waals surface area contributed by atoms with Crippen LogP contribution in [0.25, 0.3) is 0 Å². The molecule has 1 fully saturated rings. The largest absolute Gasteiger partial charge is 0.328 e. The third kappa shape index (κ3) is 1.97. The van der Waals surface area contributed by atoms with Gasteiger partial charge in [-0.1, -0.05) is 11.6 Å². The summed E-state index contributed by atoms with van der Waals surface area (Å²) in [5.41, 5.74) is 6.40. The van der Waals surface area contributed by atoms with Crippen LogP contribution in [0.2, 0.25) is 5.02 Å². The maximum Gasteiger partial charge on any atom is 0.181 e. The molecular formula is C11H14ClNO2S. The zero-order chi connectivity index (χ0) is 11.9. The molecule has 0 amide bonds. The van der Waals surface area contributed by atoms with Crippen LogP contribution >= 0.6 is 11.6 Å². The van der Waals surface area contributed by atoms with Crippen molar-refractivity contribution in [3.63, 3.8) is 0 Å². The van der Waals surface area contributed by atoms with E-state index in [2.05, 4.69) is 0 Å². The highest BCUT2D eigenvalue weighted by Gasteiger charge is 2.37. The monoisotopic (exact) mass is 259 g/mol. The topological polar surface area (TPSA) is 60.2 Å². The summed E-state index contributed by atoms with van der Waals surface area (Å²) < 4.78 is 24.2. The summed E-state index contributed by atoms with van der Waals surface area (Å²) in [7, 11) is -3.21. The van der Waals surface area contributed by atoms with Crippen molar-refractivity contribution in [2.24, 2.45) is 5.73 Å². The van der Waals surface area contributed by atoms with Crippen LogP contribution in [0.5, 0.6) is 0 Å². The van der Waals surface area contributed by atoms with Gasteiger partial charge in [0.05, 0.1) is 10.1 Å². The van der Waals surface area contributed by atoms with Crippen molar-refractivity contribution in [1.82, 2.24) is 0 Å². The van der Waals surface area contributed by atoms with Gasteiger partial charge in [-0.05, 0) is 43.5 Å². The zero-order valence-corrected chi connectivity index (χ0v) is 10.6. The SMILES string of the molecule is Cc1cc(S(=O)(=O)C2CC(N)C2)ccc1Cl. The highest BCUT2D eigenvalue weighted by atomic mass is 35.5. The molecule has 16 heavy (non-hydrogen) atoms. The van der Waals surface area contributed by atoms with Gasteiger partial charge in [0.1, 0.15) is 0 Å². The Balaban J connectivity index is 2.33. The Hall–Kier alpha value is -0.580. The molecule has 0 heterocycles. The molecule has 0 atom stereocenters. The van der Waals surface area contributed by atoms with E-state index in [1.54, 1.807) is 25.1 Å². The number of hydrogen-bond donors (Lipinski definition) is 1. The number of sulfone groups is 1. The molecule has 3 nitrogen and oxygen atoms in total.